The van der Waals surface area contributed by atoms with E-state index in [0.29, 0.717) is 6.04 Å². The van der Waals surface area contributed by atoms with Gasteiger partial charge >= 0.3 is 0 Å². The molecule has 0 amide bonds. The van der Waals surface area contributed by atoms with Crippen LogP contribution in [0.15, 0.2) is 6.07 Å². The van der Waals surface area contributed by atoms with Crippen LogP contribution >= 0.6 is 0 Å². The molecule has 3 unspecified atom stereocenters. The number of rotatable bonds is 6. The second-order valence-corrected chi connectivity index (χ2v) is 5.92. The van der Waals surface area contributed by atoms with Gasteiger partial charge in [-0.15, -0.1) is 0 Å². The van der Waals surface area contributed by atoms with E-state index in [1.807, 2.05) is 0 Å². The molecule has 0 spiro atoms. The van der Waals surface area contributed by atoms with Crippen molar-refractivity contribution in [3.8, 4) is 0 Å². The lowest BCUT2D eigenvalue weighted by Crippen LogP contribution is -2.42. The lowest BCUT2D eigenvalue weighted by molar-refractivity contribution is 0.341. The third-order valence-electron chi connectivity index (χ3n) is 4.66. The van der Waals surface area contributed by atoms with Gasteiger partial charge in [-0.3, -0.25) is 16.0 Å². The Labute approximate surface area is 116 Å². The van der Waals surface area contributed by atoms with E-state index in [2.05, 4.69) is 42.0 Å². The van der Waals surface area contributed by atoms with Gasteiger partial charge in [-0.1, -0.05) is 19.8 Å². The standard InChI is InChI=1S/C15H28N4/c1-4-12-6-7-13(9-12)15(17-16)10-14-8-11(3)18-19(14)5-2/h8,12-13,15,17H,4-7,9-10,16H2,1-3H3. The van der Waals surface area contributed by atoms with Gasteiger partial charge in [0.2, 0.25) is 0 Å². The molecule has 1 aromatic rings. The first-order valence-electron chi connectivity index (χ1n) is 7.67. The molecule has 0 aliphatic heterocycles. The Kier molecular flexibility index (Phi) is 4.99. The van der Waals surface area contributed by atoms with Crippen molar-refractivity contribution >= 4 is 0 Å². The predicted octanol–water partition coefficient (Wildman–Crippen LogP) is 2.41. The predicted molar refractivity (Wildman–Crippen MR) is 78.6 cm³/mol. The molecular weight excluding hydrogens is 236 g/mol. The number of hydrogen-bond donors (Lipinski definition) is 2. The first kappa shape index (κ1) is 14.5. The van der Waals surface area contributed by atoms with Gasteiger partial charge < -0.3 is 0 Å². The fraction of sp³-hybridized carbons (Fsp3) is 0.800. The van der Waals surface area contributed by atoms with Crippen LogP contribution in [-0.2, 0) is 13.0 Å². The number of hydrogen-bond acceptors (Lipinski definition) is 3. The average molecular weight is 264 g/mol. The Bertz CT molecular complexity index is 399. The van der Waals surface area contributed by atoms with Gasteiger partial charge in [0.15, 0.2) is 0 Å². The molecule has 19 heavy (non-hydrogen) atoms. The molecule has 0 bridgehead atoms. The van der Waals surface area contributed by atoms with E-state index < -0.39 is 0 Å². The molecule has 4 heteroatoms. The van der Waals surface area contributed by atoms with Crippen LogP contribution < -0.4 is 11.3 Å². The topological polar surface area (TPSA) is 55.9 Å². The van der Waals surface area contributed by atoms with Crippen molar-refractivity contribution in [2.75, 3.05) is 0 Å². The molecule has 1 aliphatic rings. The van der Waals surface area contributed by atoms with E-state index in [0.717, 1.165) is 30.5 Å². The molecule has 3 atom stereocenters. The van der Waals surface area contributed by atoms with E-state index in [1.54, 1.807) is 0 Å². The number of nitrogens with two attached hydrogens (primary N) is 1. The lowest BCUT2D eigenvalue weighted by Gasteiger charge is -2.23. The number of nitrogens with zero attached hydrogens (tertiary/aromatic N) is 2. The summed E-state index contributed by atoms with van der Waals surface area (Å²) in [5.41, 5.74) is 5.47. The summed E-state index contributed by atoms with van der Waals surface area (Å²) in [6, 6.07) is 2.58. The Morgan fingerprint density at radius 1 is 1.47 bits per heavy atom. The van der Waals surface area contributed by atoms with Crippen LogP contribution in [0.25, 0.3) is 0 Å². The first-order chi connectivity index (χ1) is 9.17. The summed E-state index contributed by atoms with van der Waals surface area (Å²) < 4.78 is 2.10. The summed E-state index contributed by atoms with van der Waals surface area (Å²) in [5.74, 6) is 7.43. The SMILES string of the molecule is CCC1CCC(C(Cc2cc(C)nn2CC)NN)C1. The Hall–Kier alpha value is -0.870. The van der Waals surface area contributed by atoms with Crippen LogP contribution in [0.3, 0.4) is 0 Å². The number of aromatic nitrogens is 2. The summed E-state index contributed by atoms with van der Waals surface area (Å²) in [7, 11) is 0. The smallest absolute Gasteiger partial charge is 0.0596 e. The highest BCUT2D eigenvalue weighted by Gasteiger charge is 2.30. The van der Waals surface area contributed by atoms with E-state index in [-0.39, 0.29) is 0 Å². The van der Waals surface area contributed by atoms with Gasteiger partial charge in [-0.25, -0.2) is 0 Å². The number of nitrogens with one attached hydrogen (secondary N) is 1. The van der Waals surface area contributed by atoms with Gasteiger partial charge in [0.05, 0.1) is 5.69 Å². The molecule has 1 saturated carbocycles. The zero-order valence-corrected chi connectivity index (χ0v) is 12.5. The molecular formula is C15H28N4. The van der Waals surface area contributed by atoms with Gasteiger partial charge in [0.25, 0.3) is 0 Å². The van der Waals surface area contributed by atoms with Crippen LogP contribution in [0.5, 0.6) is 0 Å². The van der Waals surface area contributed by atoms with Crippen LogP contribution in [-0.4, -0.2) is 15.8 Å². The van der Waals surface area contributed by atoms with E-state index >= 15 is 0 Å². The molecule has 0 radical (unpaired) electrons. The summed E-state index contributed by atoms with van der Waals surface area (Å²) in [4.78, 5) is 0. The minimum atomic E-state index is 0.387. The summed E-state index contributed by atoms with van der Waals surface area (Å²) in [6.07, 6.45) is 6.30. The maximum atomic E-state index is 5.81. The Morgan fingerprint density at radius 3 is 2.84 bits per heavy atom. The lowest BCUT2D eigenvalue weighted by atomic mass is 9.93. The molecule has 0 saturated heterocycles. The molecule has 0 aromatic carbocycles. The first-order valence-corrected chi connectivity index (χ1v) is 7.67. The fourth-order valence-corrected chi connectivity index (χ4v) is 3.47. The molecule has 1 heterocycles. The molecule has 2 rings (SSSR count). The molecule has 4 nitrogen and oxygen atoms in total. The maximum absolute atomic E-state index is 5.81. The highest BCUT2D eigenvalue weighted by Crippen LogP contribution is 2.35. The van der Waals surface area contributed by atoms with E-state index in [1.165, 1.54) is 31.4 Å². The van der Waals surface area contributed by atoms with E-state index in [4.69, 9.17) is 5.84 Å². The highest BCUT2D eigenvalue weighted by atomic mass is 15.3. The van der Waals surface area contributed by atoms with Crippen molar-refractivity contribution in [3.05, 3.63) is 17.5 Å². The van der Waals surface area contributed by atoms with Gasteiger partial charge in [0.1, 0.15) is 0 Å². The minimum Gasteiger partial charge on any atom is -0.271 e. The molecule has 1 aliphatic carbocycles. The molecule has 1 fully saturated rings. The van der Waals surface area contributed by atoms with Gasteiger partial charge in [-0.2, -0.15) is 5.10 Å². The third-order valence-corrected chi connectivity index (χ3v) is 4.66. The van der Waals surface area contributed by atoms with Crippen molar-refractivity contribution < 1.29 is 0 Å². The highest BCUT2D eigenvalue weighted by molar-refractivity contribution is 5.11. The average Bonchev–Trinajstić information content (AvgIpc) is 3.01. The third kappa shape index (κ3) is 3.37. The minimum absolute atomic E-state index is 0.387. The monoisotopic (exact) mass is 264 g/mol. The van der Waals surface area contributed by atoms with Crippen LogP contribution in [0.1, 0.15) is 50.9 Å². The molecule has 108 valence electrons. The summed E-state index contributed by atoms with van der Waals surface area (Å²) in [5, 5.41) is 4.52. The quantitative estimate of drug-likeness (QED) is 0.613. The maximum Gasteiger partial charge on any atom is 0.0596 e. The van der Waals surface area contributed by atoms with Crippen LogP contribution in [0.2, 0.25) is 0 Å². The molecule has 1 aromatic heterocycles. The zero-order valence-electron chi connectivity index (χ0n) is 12.5. The second-order valence-electron chi connectivity index (χ2n) is 5.92. The fourth-order valence-electron chi connectivity index (χ4n) is 3.47. The van der Waals surface area contributed by atoms with Crippen LogP contribution in [0.4, 0.5) is 0 Å². The molecule has 3 N–H and O–H groups in total. The summed E-state index contributed by atoms with van der Waals surface area (Å²) >= 11 is 0. The number of hydrazine groups is 1. The van der Waals surface area contributed by atoms with E-state index in [9.17, 15) is 0 Å². The number of aryl methyl sites for hydroxylation is 2. The van der Waals surface area contributed by atoms with Gasteiger partial charge in [-0.05, 0) is 44.6 Å². The van der Waals surface area contributed by atoms with Crippen molar-refractivity contribution in [1.29, 1.82) is 0 Å². The van der Waals surface area contributed by atoms with Gasteiger partial charge in [0, 0.05) is 24.7 Å². The van der Waals surface area contributed by atoms with Crippen molar-refractivity contribution in [3.63, 3.8) is 0 Å². The normalized spacial score (nSPS) is 24.8. The Morgan fingerprint density at radius 2 is 2.26 bits per heavy atom. The zero-order chi connectivity index (χ0) is 13.8. The van der Waals surface area contributed by atoms with Crippen molar-refractivity contribution in [2.45, 2.75) is 65.5 Å². The van der Waals surface area contributed by atoms with Crippen molar-refractivity contribution in [1.82, 2.24) is 15.2 Å². The van der Waals surface area contributed by atoms with Crippen LogP contribution in [0, 0.1) is 18.8 Å². The largest absolute Gasteiger partial charge is 0.271 e. The Balaban J connectivity index is 2.02. The second kappa shape index (κ2) is 6.53. The van der Waals surface area contributed by atoms with Crippen molar-refractivity contribution in [2.24, 2.45) is 17.7 Å². The summed E-state index contributed by atoms with van der Waals surface area (Å²) in [6.45, 7) is 7.43.